The fraction of sp³-hybridized carbons (Fsp3) is 0.611. The molecule has 0 aliphatic heterocycles. The molecular weight excluding hydrogens is 264 g/mol. The maximum Gasteiger partial charge on any atom is 0.305 e. The van der Waals surface area contributed by atoms with Crippen LogP contribution in [0.15, 0.2) is 30.3 Å². The van der Waals surface area contributed by atoms with Crippen LogP contribution in [0.2, 0.25) is 0 Å². The molecule has 120 valence electrons. The van der Waals surface area contributed by atoms with Gasteiger partial charge in [-0.15, -0.1) is 0 Å². The molecule has 0 radical (unpaired) electrons. The minimum Gasteiger partial charge on any atom is -0.463 e. The van der Waals surface area contributed by atoms with Gasteiger partial charge in [-0.2, -0.15) is 0 Å². The molecule has 0 aliphatic carbocycles. The van der Waals surface area contributed by atoms with Crippen LogP contribution in [-0.2, 0) is 14.3 Å². The van der Waals surface area contributed by atoms with E-state index in [9.17, 15) is 4.79 Å². The SMILES string of the molecule is CCCCCOC(C)COC(=O)CC.Cc1ccccc1. The normalized spacial score (nSPS) is 11.2. The summed E-state index contributed by atoms with van der Waals surface area (Å²) >= 11 is 0. The Morgan fingerprint density at radius 3 is 2.29 bits per heavy atom. The van der Waals surface area contributed by atoms with Crippen molar-refractivity contribution >= 4 is 5.97 Å². The van der Waals surface area contributed by atoms with Gasteiger partial charge in [0.1, 0.15) is 6.61 Å². The Bertz CT molecular complexity index is 349. The third kappa shape index (κ3) is 13.4. The third-order valence-electron chi connectivity index (χ3n) is 2.86. The number of carbonyl (C=O) groups excluding carboxylic acids is 1. The second-order valence-corrected chi connectivity index (χ2v) is 5.08. The highest BCUT2D eigenvalue weighted by Crippen LogP contribution is 1.99. The maximum absolute atomic E-state index is 10.8. The van der Waals surface area contributed by atoms with Crippen LogP contribution in [0.4, 0.5) is 0 Å². The van der Waals surface area contributed by atoms with Gasteiger partial charge in [0.15, 0.2) is 0 Å². The Labute approximate surface area is 129 Å². The van der Waals surface area contributed by atoms with Crippen molar-refractivity contribution in [3.63, 3.8) is 0 Å². The van der Waals surface area contributed by atoms with Crippen molar-refractivity contribution in [2.75, 3.05) is 13.2 Å². The largest absolute Gasteiger partial charge is 0.463 e. The topological polar surface area (TPSA) is 35.5 Å². The zero-order chi connectivity index (χ0) is 15.9. The van der Waals surface area contributed by atoms with Gasteiger partial charge in [-0.25, -0.2) is 0 Å². The molecule has 1 aromatic carbocycles. The van der Waals surface area contributed by atoms with Gasteiger partial charge in [-0.05, 0) is 20.3 Å². The lowest BCUT2D eigenvalue weighted by molar-refractivity contribution is -0.147. The highest BCUT2D eigenvalue weighted by molar-refractivity contribution is 5.68. The van der Waals surface area contributed by atoms with E-state index in [1.165, 1.54) is 18.4 Å². The zero-order valence-electron chi connectivity index (χ0n) is 13.9. The summed E-state index contributed by atoms with van der Waals surface area (Å²) in [6.45, 7) is 9.09. The standard InChI is InChI=1S/C11H22O3.C7H8/c1-4-6-7-8-13-10(3)9-14-11(12)5-2;1-7-5-3-2-4-6-7/h10H,4-9H2,1-3H3;2-6H,1H3. The van der Waals surface area contributed by atoms with E-state index in [0.29, 0.717) is 13.0 Å². The molecule has 21 heavy (non-hydrogen) atoms. The summed E-state index contributed by atoms with van der Waals surface area (Å²) in [5, 5.41) is 0. The number of hydrogen-bond acceptors (Lipinski definition) is 3. The predicted molar refractivity (Wildman–Crippen MR) is 87.4 cm³/mol. The Balaban J connectivity index is 0.000000471. The van der Waals surface area contributed by atoms with E-state index in [1.807, 2.05) is 25.1 Å². The molecule has 0 N–H and O–H groups in total. The van der Waals surface area contributed by atoms with Gasteiger partial charge in [-0.1, -0.05) is 62.6 Å². The minimum atomic E-state index is -0.158. The first-order chi connectivity index (χ1) is 10.1. The Hall–Kier alpha value is -1.35. The average Bonchev–Trinajstić information content (AvgIpc) is 2.50. The van der Waals surface area contributed by atoms with Crippen LogP contribution in [0.25, 0.3) is 0 Å². The number of carbonyl (C=O) groups is 1. The summed E-state index contributed by atoms with van der Waals surface area (Å²) in [6.07, 6.45) is 3.93. The van der Waals surface area contributed by atoms with Crippen molar-refractivity contribution in [1.82, 2.24) is 0 Å². The van der Waals surface area contributed by atoms with Crippen LogP contribution in [0.1, 0.15) is 52.0 Å². The van der Waals surface area contributed by atoms with E-state index >= 15 is 0 Å². The summed E-state index contributed by atoms with van der Waals surface area (Å²) < 4.78 is 10.4. The lowest BCUT2D eigenvalue weighted by Crippen LogP contribution is -2.19. The number of benzene rings is 1. The monoisotopic (exact) mass is 294 g/mol. The van der Waals surface area contributed by atoms with Gasteiger partial charge in [0, 0.05) is 13.0 Å². The first-order valence-electron chi connectivity index (χ1n) is 7.89. The molecule has 1 unspecified atom stereocenters. The molecule has 0 spiro atoms. The first-order valence-corrected chi connectivity index (χ1v) is 7.89. The Kier molecular flexibility index (Phi) is 12.7. The molecule has 1 rings (SSSR count). The fourth-order valence-electron chi connectivity index (χ4n) is 1.53. The molecule has 0 bridgehead atoms. The smallest absolute Gasteiger partial charge is 0.305 e. The second-order valence-electron chi connectivity index (χ2n) is 5.08. The van der Waals surface area contributed by atoms with Crippen LogP contribution in [0, 0.1) is 6.92 Å². The molecular formula is C18H30O3. The summed E-state index contributed by atoms with van der Waals surface area (Å²) in [5.41, 5.74) is 1.32. The molecule has 0 heterocycles. The summed E-state index contributed by atoms with van der Waals surface area (Å²) in [5.74, 6) is -0.158. The molecule has 3 heteroatoms. The molecule has 1 aromatic rings. The van der Waals surface area contributed by atoms with Crippen LogP contribution < -0.4 is 0 Å². The van der Waals surface area contributed by atoms with Gasteiger partial charge in [0.05, 0.1) is 6.10 Å². The van der Waals surface area contributed by atoms with Gasteiger partial charge in [-0.3, -0.25) is 4.79 Å². The van der Waals surface area contributed by atoms with E-state index in [2.05, 4.69) is 26.0 Å². The fourth-order valence-corrected chi connectivity index (χ4v) is 1.53. The van der Waals surface area contributed by atoms with Gasteiger partial charge < -0.3 is 9.47 Å². The molecule has 3 nitrogen and oxygen atoms in total. The number of aryl methyl sites for hydroxylation is 1. The highest BCUT2D eigenvalue weighted by Gasteiger charge is 2.05. The average molecular weight is 294 g/mol. The van der Waals surface area contributed by atoms with E-state index < -0.39 is 0 Å². The lowest BCUT2D eigenvalue weighted by Gasteiger charge is -2.12. The zero-order valence-corrected chi connectivity index (χ0v) is 13.9. The summed E-state index contributed by atoms with van der Waals surface area (Å²) in [6, 6.07) is 10.3. The molecule has 0 fully saturated rings. The molecule has 0 amide bonds. The first kappa shape index (κ1) is 19.7. The number of hydrogen-bond donors (Lipinski definition) is 0. The van der Waals surface area contributed by atoms with Gasteiger partial charge in [0.2, 0.25) is 0 Å². The van der Waals surface area contributed by atoms with Gasteiger partial charge in [0.25, 0.3) is 0 Å². The second kappa shape index (κ2) is 13.6. The van der Waals surface area contributed by atoms with Crippen molar-refractivity contribution in [1.29, 1.82) is 0 Å². The van der Waals surface area contributed by atoms with E-state index in [0.717, 1.165) is 13.0 Å². The molecule has 0 saturated carbocycles. The Morgan fingerprint density at radius 2 is 1.81 bits per heavy atom. The van der Waals surface area contributed by atoms with E-state index in [-0.39, 0.29) is 12.1 Å². The number of esters is 1. The van der Waals surface area contributed by atoms with Gasteiger partial charge >= 0.3 is 5.97 Å². The van der Waals surface area contributed by atoms with Crippen molar-refractivity contribution in [2.45, 2.75) is 59.5 Å². The van der Waals surface area contributed by atoms with Crippen molar-refractivity contribution in [3.8, 4) is 0 Å². The van der Waals surface area contributed by atoms with Crippen LogP contribution in [0.3, 0.4) is 0 Å². The van der Waals surface area contributed by atoms with Crippen LogP contribution in [-0.4, -0.2) is 25.3 Å². The molecule has 0 aromatic heterocycles. The van der Waals surface area contributed by atoms with E-state index in [4.69, 9.17) is 9.47 Å². The summed E-state index contributed by atoms with van der Waals surface area (Å²) in [4.78, 5) is 10.8. The van der Waals surface area contributed by atoms with Crippen molar-refractivity contribution in [3.05, 3.63) is 35.9 Å². The van der Waals surface area contributed by atoms with Crippen molar-refractivity contribution in [2.24, 2.45) is 0 Å². The summed E-state index contributed by atoms with van der Waals surface area (Å²) in [7, 11) is 0. The molecule has 1 atom stereocenters. The lowest BCUT2D eigenvalue weighted by atomic mass is 10.2. The van der Waals surface area contributed by atoms with Crippen LogP contribution in [0.5, 0.6) is 0 Å². The van der Waals surface area contributed by atoms with Crippen molar-refractivity contribution < 1.29 is 14.3 Å². The highest BCUT2D eigenvalue weighted by atomic mass is 16.6. The quantitative estimate of drug-likeness (QED) is 0.522. The minimum absolute atomic E-state index is 0.0161. The molecule has 0 aliphatic rings. The Morgan fingerprint density at radius 1 is 1.14 bits per heavy atom. The van der Waals surface area contributed by atoms with Crippen LogP contribution >= 0.6 is 0 Å². The number of rotatable bonds is 8. The predicted octanol–water partition coefficient (Wildman–Crippen LogP) is 4.53. The van der Waals surface area contributed by atoms with E-state index in [1.54, 1.807) is 6.92 Å². The third-order valence-corrected chi connectivity index (χ3v) is 2.86. The maximum atomic E-state index is 10.8. The molecule has 0 saturated heterocycles. The number of ether oxygens (including phenoxy) is 2. The number of unbranched alkanes of at least 4 members (excludes halogenated alkanes) is 2.